The van der Waals surface area contributed by atoms with Gasteiger partial charge < -0.3 is 15.3 Å². The van der Waals surface area contributed by atoms with Crippen LogP contribution in [-0.4, -0.2) is 62.0 Å². The molecule has 1 aromatic heterocycles. The van der Waals surface area contributed by atoms with Gasteiger partial charge in [-0.3, -0.25) is 15.3 Å². The molecule has 1 aliphatic rings. The number of aliphatic hydroxyl groups excluding tert-OH is 2. The van der Waals surface area contributed by atoms with E-state index in [1.807, 2.05) is 17.0 Å². The van der Waals surface area contributed by atoms with Crippen molar-refractivity contribution in [2.75, 3.05) is 19.6 Å². The monoisotopic (exact) mass is 424 g/mol. The van der Waals surface area contributed by atoms with Crippen LogP contribution >= 0.6 is 11.6 Å². The Balaban J connectivity index is 1.67. The van der Waals surface area contributed by atoms with Crippen molar-refractivity contribution in [2.24, 2.45) is 11.3 Å². The highest BCUT2D eigenvalue weighted by Gasteiger charge is 2.40. The lowest BCUT2D eigenvalue weighted by atomic mass is 9.68. The zero-order valence-electron chi connectivity index (χ0n) is 17.6. The SMILES string of the molecule is CC(C)(O)CNC(O)N1CCC(C(C)(C)C(O)c2cc(Cl)cc3cn[nH]c23)CC1. The minimum absolute atomic E-state index is 0.284. The van der Waals surface area contributed by atoms with Crippen LogP contribution in [0, 0.1) is 11.3 Å². The van der Waals surface area contributed by atoms with Gasteiger partial charge in [-0.25, -0.2) is 0 Å². The molecule has 0 aliphatic carbocycles. The Morgan fingerprint density at radius 1 is 1.24 bits per heavy atom. The average molecular weight is 425 g/mol. The summed E-state index contributed by atoms with van der Waals surface area (Å²) in [7, 11) is 0. The van der Waals surface area contributed by atoms with Crippen molar-refractivity contribution in [1.82, 2.24) is 20.4 Å². The van der Waals surface area contributed by atoms with Crippen molar-refractivity contribution in [3.8, 4) is 0 Å². The lowest BCUT2D eigenvalue weighted by Gasteiger charge is -2.44. The number of benzene rings is 1. The fourth-order valence-electron chi connectivity index (χ4n) is 4.24. The Morgan fingerprint density at radius 2 is 1.90 bits per heavy atom. The van der Waals surface area contributed by atoms with E-state index in [0.29, 0.717) is 11.6 Å². The van der Waals surface area contributed by atoms with Gasteiger partial charge in [0.1, 0.15) is 0 Å². The number of rotatable bonds is 7. The summed E-state index contributed by atoms with van der Waals surface area (Å²) < 4.78 is 0. The second kappa shape index (κ2) is 8.49. The smallest absolute Gasteiger partial charge is 0.163 e. The Kier molecular flexibility index (Phi) is 6.58. The van der Waals surface area contributed by atoms with Crippen LogP contribution in [-0.2, 0) is 0 Å². The van der Waals surface area contributed by atoms with Gasteiger partial charge in [0, 0.05) is 35.6 Å². The van der Waals surface area contributed by atoms with Gasteiger partial charge in [0.05, 0.1) is 23.4 Å². The molecule has 1 fully saturated rings. The lowest BCUT2D eigenvalue weighted by Crippen LogP contribution is -2.53. The minimum atomic E-state index is -0.875. The number of hydrogen-bond donors (Lipinski definition) is 5. The van der Waals surface area contributed by atoms with E-state index >= 15 is 0 Å². The van der Waals surface area contributed by atoms with Crippen molar-refractivity contribution in [3.05, 3.63) is 28.9 Å². The van der Waals surface area contributed by atoms with Crippen molar-refractivity contribution in [2.45, 2.75) is 58.6 Å². The maximum absolute atomic E-state index is 11.3. The van der Waals surface area contributed by atoms with Crippen LogP contribution in [0.25, 0.3) is 10.9 Å². The predicted octanol–water partition coefficient (Wildman–Crippen LogP) is 2.62. The fourth-order valence-corrected chi connectivity index (χ4v) is 4.48. The van der Waals surface area contributed by atoms with Crippen molar-refractivity contribution in [3.63, 3.8) is 0 Å². The average Bonchev–Trinajstić information content (AvgIpc) is 3.12. The molecule has 2 aromatic rings. The molecule has 29 heavy (non-hydrogen) atoms. The number of nitrogens with zero attached hydrogens (tertiary/aromatic N) is 2. The molecule has 2 heterocycles. The highest BCUT2D eigenvalue weighted by Crippen LogP contribution is 2.46. The largest absolute Gasteiger partial charge is 0.389 e. The standard InChI is InChI=1S/C21H33ClN4O3/c1-20(2,29)12-23-19(28)26-7-5-14(6-8-26)21(3,4)18(27)16-10-15(22)9-13-11-24-25-17(13)16/h9-11,14,18-19,23,27-29H,5-8,12H2,1-4H3,(H,24,25). The van der Waals surface area contributed by atoms with Crippen LogP contribution in [0.5, 0.6) is 0 Å². The molecular formula is C21H33ClN4O3. The van der Waals surface area contributed by atoms with Gasteiger partial charge in [0.25, 0.3) is 0 Å². The quantitative estimate of drug-likeness (QED) is 0.438. The molecule has 0 spiro atoms. The van der Waals surface area contributed by atoms with E-state index in [9.17, 15) is 15.3 Å². The maximum atomic E-state index is 11.3. The van der Waals surface area contributed by atoms with E-state index in [-0.39, 0.29) is 11.3 Å². The summed E-state index contributed by atoms with van der Waals surface area (Å²) in [6.45, 7) is 9.33. The van der Waals surface area contributed by atoms with Gasteiger partial charge in [-0.05, 0) is 50.2 Å². The molecule has 0 bridgehead atoms. The number of aromatic nitrogens is 2. The number of nitrogens with one attached hydrogen (secondary N) is 2. The van der Waals surface area contributed by atoms with E-state index in [2.05, 4.69) is 29.4 Å². The summed E-state index contributed by atoms with van der Waals surface area (Å²) in [5, 5.41) is 43.0. The summed E-state index contributed by atoms with van der Waals surface area (Å²) >= 11 is 6.26. The molecular weight excluding hydrogens is 392 g/mol. The third kappa shape index (κ3) is 5.10. The van der Waals surface area contributed by atoms with Gasteiger partial charge in [-0.2, -0.15) is 5.10 Å². The zero-order chi connectivity index (χ0) is 21.4. The first kappa shape index (κ1) is 22.5. The predicted molar refractivity (Wildman–Crippen MR) is 114 cm³/mol. The zero-order valence-corrected chi connectivity index (χ0v) is 18.4. The number of likely N-dealkylation sites (tertiary alicyclic amines) is 1. The molecule has 3 rings (SSSR count). The van der Waals surface area contributed by atoms with Crippen LogP contribution in [0.4, 0.5) is 0 Å². The molecule has 2 atom stereocenters. The van der Waals surface area contributed by atoms with Gasteiger partial charge in [0.15, 0.2) is 6.35 Å². The second-order valence-corrected chi connectivity index (χ2v) is 9.87. The molecule has 162 valence electrons. The highest BCUT2D eigenvalue weighted by molar-refractivity contribution is 6.31. The van der Waals surface area contributed by atoms with Crippen LogP contribution in [0.1, 0.15) is 52.2 Å². The number of H-pyrrole nitrogens is 1. The number of aliphatic hydroxyl groups is 3. The maximum Gasteiger partial charge on any atom is 0.163 e. The third-order valence-corrected chi connectivity index (χ3v) is 6.41. The minimum Gasteiger partial charge on any atom is -0.389 e. The lowest BCUT2D eigenvalue weighted by molar-refractivity contribution is -0.0758. The molecule has 1 aromatic carbocycles. The van der Waals surface area contributed by atoms with E-state index in [1.54, 1.807) is 20.0 Å². The summed E-state index contributed by atoms with van der Waals surface area (Å²) in [6, 6.07) is 3.65. The van der Waals surface area contributed by atoms with Crippen LogP contribution in [0.15, 0.2) is 18.3 Å². The first-order chi connectivity index (χ1) is 13.5. The Morgan fingerprint density at radius 3 is 2.52 bits per heavy atom. The Hall–Kier alpha value is -1.22. The van der Waals surface area contributed by atoms with Gasteiger partial charge in [-0.15, -0.1) is 0 Å². The van der Waals surface area contributed by atoms with Crippen molar-refractivity contribution in [1.29, 1.82) is 0 Å². The van der Waals surface area contributed by atoms with E-state index in [1.165, 1.54) is 0 Å². The Bertz CT molecular complexity index is 825. The van der Waals surface area contributed by atoms with Crippen LogP contribution in [0.2, 0.25) is 5.02 Å². The fraction of sp³-hybridized carbons (Fsp3) is 0.667. The number of piperidine rings is 1. The summed E-state index contributed by atoms with van der Waals surface area (Å²) in [6.07, 6.45) is 1.95. The number of hydrogen-bond acceptors (Lipinski definition) is 6. The molecule has 7 nitrogen and oxygen atoms in total. The first-order valence-corrected chi connectivity index (χ1v) is 10.6. The molecule has 2 unspecified atom stereocenters. The summed E-state index contributed by atoms with van der Waals surface area (Å²) in [5.74, 6) is 0.284. The molecule has 1 saturated heterocycles. The van der Waals surface area contributed by atoms with Crippen LogP contribution in [0.3, 0.4) is 0 Å². The molecule has 1 aliphatic heterocycles. The molecule has 0 radical (unpaired) electrons. The molecule has 8 heteroatoms. The molecule has 5 N–H and O–H groups in total. The molecule has 0 amide bonds. The topological polar surface area (TPSA) is 105 Å². The highest BCUT2D eigenvalue weighted by atomic mass is 35.5. The number of aromatic amines is 1. The second-order valence-electron chi connectivity index (χ2n) is 9.43. The number of halogens is 1. The van der Waals surface area contributed by atoms with E-state index < -0.39 is 18.1 Å². The first-order valence-electron chi connectivity index (χ1n) is 10.2. The van der Waals surface area contributed by atoms with Gasteiger partial charge in [-0.1, -0.05) is 25.4 Å². The van der Waals surface area contributed by atoms with Crippen molar-refractivity contribution >= 4 is 22.5 Å². The van der Waals surface area contributed by atoms with Crippen molar-refractivity contribution < 1.29 is 15.3 Å². The van der Waals surface area contributed by atoms with Crippen LogP contribution < -0.4 is 5.32 Å². The third-order valence-electron chi connectivity index (χ3n) is 6.19. The molecule has 0 saturated carbocycles. The van der Waals surface area contributed by atoms with Gasteiger partial charge in [0.2, 0.25) is 0 Å². The summed E-state index contributed by atoms with van der Waals surface area (Å²) in [4.78, 5) is 1.97. The van der Waals surface area contributed by atoms with E-state index in [4.69, 9.17) is 11.6 Å². The number of fused-ring (bicyclic) bond motifs is 1. The van der Waals surface area contributed by atoms with E-state index in [0.717, 1.165) is 42.4 Å². The summed E-state index contributed by atoms with van der Waals surface area (Å²) in [5.41, 5.74) is 0.337. The van der Waals surface area contributed by atoms with Gasteiger partial charge >= 0.3 is 0 Å². The Labute approximate surface area is 177 Å². The normalized spacial score (nSPS) is 19.6.